The van der Waals surface area contributed by atoms with Crippen LogP contribution in [0, 0.1) is 6.92 Å². The Kier molecular flexibility index (Phi) is 3.63. The van der Waals surface area contributed by atoms with E-state index in [0.29, 0.717) is 0 Å². The van der Waals surface area contributed by atoms with E-state index in [-0.39, 0.29) is 0 Å². The number of rotatable bonds is 3. The first kappa shape index (κ1) is 14.3. The molecule has 0 radical (unpaired) electrons. The predicted molar refractivity (Wildman–Crippen MR) is 96.0 cm³/mol. The van der Waals surface area contributed by atoms with Crippen LogP contribution in [0.2, 0.25) is 0 Å². The summed E-state index contributed by atoms with van der Waals surface area (Å²) < 4.78 is 1.97. The zero-order valence-corrected chi connectivity index (χ0v) is 13.3. The van der Waals surface area contributed by atoms with Crippen molar-refractivity contribution < 1.29 is 0 Å². The lowest BCUT2D eigenvalue weighted by Gasteiger charge is -2.00. The first-order chi connectivity index (χ1) is 11.8. The molecule has 0 bridgehead atoms. The molecule has 0 aliphatic rings. The molecule has 4 heteroatoms. The molecule has 2 heterocycles. The van der Waals surface area contributed by atoms with E-state index in [1.165, 1.54) is 5.56 Å². The Labute approximate surface area is 140 Å². The molecule has 0 unspecified atom stereocenters. The molecular weight excluding hydrogens is 296 g/mol. The van der Waals surface area contributed by atoms with Gasteiger partial charge in [-0.15, -0.1) is 10.2 Å². The molecule has 2 aromatic heterocycles. The van der Waals surface area contributed by atoms with E-state index in [0.717, 1.165) is 28.4 Å². The molecule has 0 aliphatic carbocycles. The maximum Gasteiger partial charge on any atom is 0.187 e. The van der Waals surface area contributed by atoms with Crippen molar-refractivity contribution in [1.82, 2.24) is 9.38 Å². The van der Waals surface area contributed by atoms with E-state index in [1.54, 1.807) is 0 Å². The number of imidazole rings is 1. The maximum atomic E-state index is 4.77. The van der Waals surface area contributed by atoms with Crippen LogP contribution in [0.3, 0.4) is 0 Å². The van der Waals surface area contributed by atoms with Gasteiger partial charge in [0.25, 0.3) is 0 Å². The third-order valence-corrected chi connectivity index (χ3v) is 3.82. The van der Waals surface area contributed by atoms with Crippen molar-refractivity contribution in [3.05, 3.63) is 84.6 Å². The van der Waals surface area contributed by atoms with Crippen molar-refractivity contribution in [1.29, 1.82) is 0 Å². The molecule has 0 aliphatic heterocycles. The Morgan fingerprint density at radius 2 is 1.54 bits per heavy atom. The van der Waals surface area contributed by atoms with Crippen molar-refractivity contribution in [2.75, 3.05) is 0 Å². The number of nitrogens with zero attached hydrogens (tertiary/aromatic N) is 4. The van der Waals surface area contributed by atoms with Gasteiger partial charge in [0.2, 0.25) is 0 Å². The Morgan fingerprint density at radius 1 is 0.833 bits per heavy atom. The summed E-state index contributed by atoms with van der Waals surface area (Å²) in [5.41, 5.74) is 4.72. The molecule has 0 atom stereocenters. The number of pyridine rings is 1. The van der Waals surface area contributed by atoms with Gasteiger partial charge < -0.3 is 0 Å². The van der Waals surface area contributed by atoms with E-state index in [9.17, 15) is 0 Å². The standard InChI is InChI=1S/C20H16N4/c1-15-12-13-24-18(14-15)21-19(16-8-4-2-5-9-16)20(24)23-22-17-10-6-3-7-11-17/h2-14H,1H3. The quantitative estimate of drug-likeness (QED) is 0.446. The number of hydrogen-bond donors (Lipinski definition) is 0. The van der Waals surface area contributed by atoms with Crippen molar-refractivity contribution in [3.8, 4) is 11.3 Å². The summed E-state index contributed by atoms with van der Waals surface area (Å²) in [5.74, 6) is 0.736. The van der Waals surface area contributed by atoms with Crippen molar-refractivity contribution in [2.24, 2.45) is 10.2 Å². The monoisotopic (exact) mass is 312 g/mol. The molecule has 24 heavy (non-hydrogen) atoms. The van der Waals surface area contributed by atoms with Crippen LogP contribution in [-0.4, -0.2) is 9.38 Å². The minimum absolute atomic E-state index is 0.736. The van der Waals surface area contributed by atoms with Crippen LogP contribution >= 0.6 is 0 Å². The zero-order valence-electron chi connectivity index (χ0n) is 13.3. The van der Waals surface area contributed by atoms with Gasteiger partial charge in [-0.1, -0.05) is 48.5 Å². The summed E-state index contributed by atoms with van der Waals surface area (Å²) in [7, 11) is 0. The normalized spacial score (nSPS) is 11.4. The van der Waals surface area contributed by atoms with Crippen LogP contribution in [0.15, 0.2) is 89.2 Å². The van der Waals surface area contributed by atoms with Crippen LogP contribution in [0.4, 0.5) is 11.5 Å². The summed E-state index contributed by atoms with van der Waals surface area (Å²) in [6, 6.07) is 23.9. The second-order valence-corrected chi connectivity index (χ2v) is 5.62. The van der Waals surface area contributed by atoms with Crippen molar-refractivity contribution >= 4 is 17.2 Å². The smallest absolute Gasteiger partial charge is 0.187 e. The minimum Gasteiger partial charge on any atom is -0.283 e. The summed E-state index contributed by atoms with van der Waals surface area (Å²) in [4.78, 5) is 4.77. The van der Waals surface area contributed by atoms with Gasteiger partial charge >= 0.3 is 0 Å². The Hall–Kier alpha value is -3.27. The predicted octanol–water partition coefficient (Wildman–Crippen LogP) is 5.73. The van der Waals surface area contributed by atoms with E-state index in [4.69, 9.17) is 4.98 Å². The summed E-state index contributed by atoms with van der Waals surface area (Å²) in [5, 5.41) is 8.87. The SMILES string of the molecule is Cc1ccn2c(N=Nc3ccccc3)c(-c3ccccc3)nc2c1. The Morgan fingerprint density at radius 3 is 2.29 bits per heavy atom. The average Bonchev–Trinajstić information content (AvgIpc) is 2.99. The number of aryl methyl sites for hydroxylation is 1. The molecule has 0 spiro atoms. The van der Waals surface area contributed by atoms with Gasteiger partial charge in [-0.3, -0.25) is 4.40 Å². The average molecular weight is 312 g/mol. The molecule has 0 saturated carbocycles. The van der Waals surface area contributed by atoms with Gasteiger partial charge in [0, 0.05) is 11.8 Å². The van der Waals surface area contributed by atoms with E-state index < -0.39 is 0 Å². The maximum absolute atomic E-state index is 4.77. The lowest BCUT2D eigenvalue weighted by Crippen LogP contribution is -1.84. The first-order valence-corrected chi connectivity index (χ1v) is 7.82. The van der Waals surface area contributed by atoms with Crippen molar-refractivity contribution in [3.63, 3.8) is 0 Å². The molecule has 4 nitrogen and oxygen atoms in total. The van der Waals surface area contributed by atoms with Crippen LogP contribution in [0.25, 0.3) is 16.9 Å². The number of benzene rings is 2. The third kappa shape index (κ3) is 2.70. The molecule has 0 fully saturated rings. The highest BCUT2D eigenvalue weighted by Crippen LogP contribution is 2.32. The van der Waals surface area contributed by atoms with E-state index >= 15 is 0 Å². The van der Waals surface area contributed by atoms with Gasteiger partial charge in [-0.25, -0.2) is 4.98 Å². The Balaban J connectivity index is 1.90. The molecule has 0 amide bonds. The number of hydrogen-bond acceptors (Lipinski definition) is 3. The number of aromatic nitrogens is 2. The first-order valence-electron chi connectivity index (χ1n) is 7.82. The molecule has 4 rings (SSSR count). The topological polar surface area (TPSA) is 42.0 Å². The zero-order chi connectivity index (χ0) is 16.4. The fourth-order valence-electron chi connectivity index (χ4n) is 2.62. The summed E-state index contributed by atoms with van der Waals surface area (Å²) in [6.45, 7) is 2.06. The lowest BCUT2D eigenvalue weighted by atomic mass is 10.1. The summed E-state index contributed by atoms with van der Waals surface area (Å²) >= 11 is 0. The van der Waals surface area contributed by atoms with Crippen LogP contribution in [0.5, 0.6) is 0 Å². The van der Waals surface area contributed by atoms with Gasteiger partial charge in [-0.05, 0) is 36.8 Å². The molecule has 116 valence electrons. The number of fused-ring (bicyclic) bond motifs is 1. The molecule has 2 aromatic carbocycles. The molecule has 0 N–H and O–H groups in total. The highest BCUT2D eigenvalue weighted by atomic mass is 15.2. The van der Waals surface area contributed by atoms with Crippen molar-refractivity contribution in [2.45, 2.75) is 6.92 Å². The summed E-state index contributed by atoms with van der Waals surface area (Å²) in [6.07, 6.45) is 1.99. The highest BCUT2D eigenvalue weighted by molar-refractivity contribution is 5.74. The lowest BCUT2D eigenvalue weighted by molar-refractivity contribution is 1.10. The van der Waals surface area contributed by atoms with E-state index in [2.05, 4.69) is 17.2 Å². The Bertz CT molecular complexity index is 1000. The third-order valence-electron chi connectivity index (χ3n) is 3.82. The molecule has 4 aromatic rings. The van der Waals surface area contributed by atoms with Crippen LogP contribution in [-0.2, 0) is 0 Å². The fourth-order valence-corrected chi connectivity index (χ4v) is 2.62. The van der Waals surface area contributed by atoms with Crippen LogP contribution in [0.1, 0.15) is 5.56 Å². The minimum atomic E-state index is 0.736. The second kappa shape index (κ2) is 6.08. The largest absolute Gasteiger partial charge is 0.283 e. The van der Waals surface area contributed by atoms with E-state index in [1.807, 2.05) is 83.4 Å². The van der Waals surface area contributed by atoms with Gasteiger partial charge in [0.15, 0.2) is 5.82 Å². The van der Waals surface area contributed by atoms with Crippen LogP contribution < -0.4 is 0 Å². The molecular formula is C20H16N4. The highest BCUT2D eigenvalue weighted by Gasteiger charge is 2.13. The van der Waals surface area contributed by atoms with Gasteiger partial charge in [0.05, 0.1) is 5.69 Å². The second-order valence-electron chi connectivity index (χ2n) is 5.62. The fraction of sp³-hybridized carbons (Fsp3) is 0.0500. The molecule has 0 saturated heterocycles. The van der Waals surface area contributed by atoms with Gasteiger partial charge in [0.1, 0.15) is 11.3 Å². The van der Waals surface area contributed by atoms with Gasteiger partial charge in [-0.2, -0.15) is 0 Å². The number of azo groups is 1.